The molecule has 0 spiro atoms. The summed E-state index contributed by atoms with van der Waals surface area (Å²) in [7, 11) is 0. The van der Waals surface area contributed by atoms with Crippen LogP contribution in [-0.4, -0.2) is 15.7 Å². The molecule has 9 heteroatoms. The van der Waals surface area contributed by atoms with Crippen LogP contribution in [-0.2, 0) is 13.2 Å². The van der Waals surface area contributed by atoms with Crippen molar-refractivity contribution in [1.29, 1.82) is 0 Å². The van der Waals surface area contributed by atoms with Crippen LogP contribution in [0.2, 0.25) is 10.0 Å². The van der Waals surface area contributed by atoms with E-state index in [1.54, 1.807) is 18.2 Å². The average molecular weight is 516 g/mol. The first-order valence-electron chi connectivity index (χ1n) is 11.0. The SMILES string of the molecule is Cc1ccc(C(C)C)c(OCc2ccc(C(=O)Nc3nn(Cc4c(F)cccc4Cl)cc3Cl)o2)c1. The number of nitrogens with one attached hydrogen (secondary N) is 1. The summed E-state index contributed by atoms with van der Waals surface area (Å²) in [5.41, 5.74) is 2.47. The van der Waals surface area contributed by atoms with Gasteiger partial charge in [0.25, 0.3) is 5.91 Å². The van der Waals surface area contributed by atoms with Crippen molar-refractivity contribution in [3.8, 4) is 5.75 Å². The summed E-state index contributed by atoms with van der Waals surface area (Å²) in [4.78, 5) is 12.7. The zero-order valence-corrected chi connectivity index (χ0v) is 21.0. The van der Waals surface area contributed by atoms with E-state index in [9.17, 15) is 9.18 Å². The van der Waals surface area contributed by atoms with Crippen molar-refractivity contribution in [2.75, 3.05) is 5.32 Å². The molecule has 4 aromatic rings. The number of nitrogens with zero attached hydrogens (tertiary/aromatic N) is 2. The standard InChI is InChI=1S/C26H24Cl2FN3O3/c1-15(2)18-9-7-16(3)11-24(18)34-14-17-8-10-23(35-17)26(33)30-25-21(28)13-32(31-25)12-19-20(27)5-4-6-22(19)29/h4-11,13,15H,12,14H2,1-3H3,(H,30,31,33). The minimum atomic E-state index is -0.522. The van der Waals surface area contributed by atoms with Crippen LogP contribution in [0.5, 0.6) is 5.75 Å². The van der Waals surface area contributed by atoms with Crippen LogP contribution in [0.15, 0.2) is 59.1 Å². The number of aromatic nitrogens is 2. The lowest BCUT2D eigenvalue weighted by molar-refractivity contribution is 0.0992. The van der Waals surface area contributed by atoms with Gasteiger partial charge in [-0.2, -0.15) is 5.10 Å². The van der Waals surface area contributed by atoms with Crippen molar-refractivity contribution in [3.05, 3.63) is 98.8 Å². The van der Waals surface area contributed by atoms with Gasteiger partial charge in [0.05, 0.1) is 6.54 Å². The van der Waals surface area contributed by atoms with Gasteiger partial charge in [-0.3, -0.25) is 9.48 Å². The van der Waals surface area contributed by atoms with Crippen LogP contribution in [0, 0.1) is 12.7 Å². The van der Waals surface area contributed by atoms with E-state index in [1.165, 1.54) is 23.0 Å². The highest BCUT2D eigenvalue weighted by atomic mass is 35.5. The van der Waals surface area contributed by atoms with Crippen LogP contribution in [0.4, 0.5) is 10.2 Å². The number of carbonyl (C=O) groups is 1. The van der Waals surface area contributed by atoms with Gasteiger partial charge in [-0.1, -0.05) is 55.2 Å². The van der Waals surface area contributed by atoms with E-state index in [1.807, 2.05) is 13.0 Å². The van der Waals surface area contributed by atoms with Gasteiger partial charge in [-0.25, -0.2) is 4.39 Å². The van der Waals surface area contributed by atoms with Crippen LogP contribution >= 0.6 is 23.2 Å². The number of anilines is 1. The predicted molar refractivity (Wildman–Crippen MR) is 134 cm³/mol. The summed E-state index contributed by atoms with van der Waals surface area (Å²) in [5, 5.41) is 7.32. The molecule has 2 aromatic carbocycles. The molecule has 0 unspecified atom stereocenters. The van der Waals surface area contributed by atoms with Gasteiger partial charge in [0, 0.05) is 16.8 Å². The van der Waals surface area contributed by atoms with Gasteiger partial charge in [-0.15, -0.1) is 0 Å². The summed E-state index contributed by atoms with van der Waals surface area (Å²) in [6.07, 6.45) is 1.48. The lowest BCUT2D eigenvalue weighted by Crippen LogP contribution is -2.12. The fraction of sp³-hybridized carbons (Fsp3) is 0.231. The molecule has 2 heterocycles. The largest absolute Gasteiger partial charge is 0.485 e. The van der Waals surface area contributed by atoms with Crippen LogP contribution in [0.25, 0.3) is 0 Å². The molecule has 0 aliphatic heterocycles. The number of amides is 1. The molecule has 0 radical (unpaired) electrons. The zero-order valence-electron chi connectivity index (χ0n) is 19.4. The lowest BCUT2D eigenvalue weighted by atomic mass is 10.0. The van der Waals surface area contributed by atoms with E-state index in [0.717, 1.165) is 16.9 Å². The quantitative estimate of drug-likeness (QED) is 0.268. The number of rotatable bonds is 8. The molecule has 0 atom stereocenters. The molecular weight excluding hydrogens is 492 g/mol. The molecule has 6 nitrogen and oxygen atoms in total. The highest BCUT2D eigenvalue weighted by molar-refractivity contribution is 6.33. The monoisotopic (exact) mass is 515 g/mol. The van der Waals surface area contributed by atoms with Crippen molar-refractivity contribution in [1.82, 2.24) is 9.78 Å². The number of ether oxygens (including phenoxy) is 1. The summed E-state index contributed by atoms with van der Waals surface area (Å²) in [6.45, 7) is 6.44. The smallest absolute Gasteiger partial charge is 0.292 e. The van der Waals surface area contributed by atoms with E-state index in [0.29, 0.717) is 11.7 Å². The maximum absolute atomic E-state index is 14.1. The van der Waals surface area contributed by atoms with E-state index >= 15 is 0 Å². The van der Waals surface area contributed by atoms with Gasteiger partial charge in [0.15, 0.2) is 11.6 Å². The molecule has 0 fully saturated rings. The maximum Gasteiger partial charge on any atom is 0.292 e. The molecule has 0 saturated heterocycles. The second-order valence-electron chi connectivity index (χ2n) is 8.43. The van der Waals surface area contributed by atoms with E-state index in [-0.39, 0.29) is 40.3 Å². The van der Waals surface area contributed by atoms with Gasteiger partial charge in [0.1, 0.15) is 29.0 Å². The third-order valence-electron chi connectivity index (χ3n) is 5.38. The predicted octanol–water partition coefficient (Wildman–Crippen LogP) is 7.23. The first-order valence-corrected chi connectivity index (χ1v) is 11.8. The minimum Gasteiger partial charge on any atom is -0.485 e. The minimum absolute atomic E-state index is 0.0562. The fourth-order valence-electron chi connectivity index (χ4n) is 3.55. The Bertz CT molecular complexity index is 1340. The van der Waals surface area contributed by atoms with Crippen molar-refractivity contribution >= 4 is 34.9 Å². The highest BCUT2D eigenvalue weighted by Gasteiger charge is 2.17. The molecule has 4 rings (SSSR count). The second kappa shape index (κ2) is 10.5. The molecule has 1 N–H and O–H groups in total. The summed E-state index contributed by atoms with van der Waals surface area (Å²) < 4.78 is 27.1. The Balaban J connectivity index is 1.41. The Morgan fingerprint density at radius 1 is 1.17 bits per heavy atom. The second-order valence-corrected chi connectivity index (χ2v) is 9.24. The molecule has 0 aliphatic carbocycles. The number of carbonyl (C=O) groups excluding carboxylic acids is 1. The molecule has 35 heavy (non-hydrogen) atoms. The van der Waals surface area contributed by atoms with Gasteiger partial charge in [0.2, 0.25) is 0 Å². The van der Waals surface area contributed by atoms with Crippen molar-refractivity contribution in [2.45, 2.75) is 39.8 Å². The third-order valence-corrected chi connectivity index (χ3v) is 6.01. The number of halogens is 3. The van der Waals surface area contributed by atoms with E-state index in [4.69, 9.17) is 32.4 Å². The van der Waals surface area contributed by atoms with Crippen LogP contribution < -0.4 is 10.1 Å². The van der Waals surface area contributed by atoms with Crippen LogP contribution in [0.3, 0.4) is 0 Å². The average Bonchev–Trinajstić information content (AvgIpc) is 3.41. The fourth-order valence-corrected chi connectivity index (χ4v) is 3.97. The number of aryl methyl sites for hydroxylation is 1. The van der Waals surface area contributed by atoms with Crippen LogP contribution in [0.1, 0.15) is 52.8 Å². The Labute approximate surface area is 212 Å². The summed E-state index contributed by atoms with van der Waals surface area (Å²) in [5.74, 6) is 0.825. The molecule has 0 bridgehead atoms. The Morgan fingerprint density at radius 3 is 2.71 bits per heavy atom. The van der Waals surface area contributed by atoms with E-state index in [2.05, 4.69) is 36.4 Å². The van der Waals surface area contributed by atoms with Gasteiger partial charge >= 0.3 is 0 Å². The molecule has 1 amide bonds. The Kier molecular flexibility index (Phi) is 7.48. The number of furan rings is 1. The van der Waals surface area contributed by atoms with Crippen molar-refractivity contribution < 1.29 is 18.3 Å². The normalized spacial score (nSPS) is 11.2. The van der Waals surface area contributed by atoms with Crippen molar-refractivity contribution in [3.63, 3.8) is 0 Å². The van der Waals surface area contributed by atoms with Gasteiger partial charge in [-0.05, 0) is 54.3 Å². The first kappa shape index (κ1) is 24.8. The van der Waals surface area contributed by atoms with E-state index < -0.39 is 11.7 Å². The Hall–Kier alpha value is -3.29. The maximum atomic E-state index is 14.1. The highest BCUT2D eigenvalue weighted by Crippen LogP contribution is 2.29. The lowest BCUT2D eigenvalue weighted by Gasteiger charge is -2.14. The zero-order chi connectivity index (χ0) is 25.1. The summed E-state index contributed by atoms with van der Waals surface area (Å²) >= 11 is 12.3. The molecule has 2 aromatic heterocycles. The van der Waals surface area contributed by atoms with Crippen molar-refractivity contribution in [2.24, 2.45) is 0 Å². The number of hydrogen-bond donors (Lipinski definition) is 1. The number of hydrogen-bond acceptors (Lipinski definition) is 4. The topological polar surface area (TPSA) is 69.3 Å². The third kappa shape index (κ3) is 5.86. The van der Waals surface area contributed by atoms with Gasteiger partial charge < -0.3 is 14.5 Å². The molecule has 0 saturated carbocycles. The first-order chi connectivity index (χ1) is 16.7. The summed E-state index contributed by atoms with van der Waals surface area (Å²) in [6, 6.07) is 13.8. The Morgan fingerprint density at radius 2 is 1.97 bits per heavy atom. The molecule has 0 aliphatic rings. The molecule has 182 valence electrons. The molecular formula is C26H24Cl2FN3O3. The number of benzene rings is 2.